The summed E-state index contributed by atoms with van der Waals surface area (Å²) in [4.78, 5) is 4.42. The Balaban J connectivity index is 0.000000238. The number of hydrogen-bond donors (Lipinski definition) is 0. The van der Waals surface area contributed by atoms with Gasteiger partial charge in [-0.05, 0) is 46.5 Å². The molecule has 0 spiro atoms. The third kappa shape index (κ3) is 4.70. The van der Waals surface area contributed by atoms with E-state index in [4.69, 9.17) is 0 Å². The van der Waals surface area contributed by atoms with Gasteiger partial charge in [0, 0.05) is 11.8 Å². The normalized spacial score (nSPS) is 16.0. The van der Waals surface area contributed by atoms with Crippen molar-refractivity contribution in [3.05, 3.63) is 99.5 Å². The van der Waals surface area contributed by atoms with Crippen LogP contribution in [0.1, 0.15) is 31.4 Å². The van der Waals surface area contributed by atoms with Gasteiger partial charge in [-0.15, -0.1) is 34.5 Å². The smallest absolute Gasteiger partial charge is 1.00 e. The third-order valence-electron chi connectivity index (χ3n) is 6.90. The summed E-state index contributed by atoms with van der Waals surface area (Å²) in [6, 6.07) is 20.1. The molecule has 3 aromatic rings. The number of nitrogens with zero attached hydrogens (tertiary/aromatic N) is 1. The molecule has 5 heteroatoms. The molecule has 0 N–H and O–H groups in total. The van der Waals surface area contributed by atoms with Gasteiger partial charge >= 0.3 is 26.2 Å². The first kappa shape index (κ1) is 28.9. The SMILES string of the molecule is CC1=C2C3=NC=CC3=C1[Si]2(C)C.CCCc1ccc(-c2cccc3[cH-]c(C)cc23)cc1.[Cl-].[Cl-].[Zr+3]. The van der Waals surface area contributed by atoms with Crippen molar-refractivity contribution in [1.29, 1.82) is 0 Å². The van der Waals surface area contributed by atoms with Crippen molar-refractivity contribution in [3.63, 3.8) is 0 Å². The maximum absolute atomic E-state index is 4.42. The van der Waals surface area contributed by atoms with E-state index in [0.717, 1.165) is 0 Å². The molecule has 4 aliphatic rings. The van der Waals surface area contributed by atoms with Crippen LogP contribution in [0.25, 0.3) is 21.9 Å². The van der Waals surface area contributed by atoms with Crippen molar-refractivity contribution in [2.45, 2.75) is 46.7 Å². The number of hydrogen-bond acceptors (Lipinski definition) is 1. The van der Waals surface area contributed by atoms with E-state index in [0.29, 0.717) is 0 Å². The fourth-order valence-corrected chi connectivity index (χ4v) is 9.50. The molecule has 2 bridgehead atoms. The molecule has 0 saturated carbocycles. The molecule has 0 unspecified atom stereocenters. The zero-order valence-corrected chi connectivity index (χ0v) is 25.4. The van der Waals surface area contributed by atoms with E-state index >= 15 is 0 Å². The Morgan fingerprint density at radius 1 is 0.941 bits per heavy atom. The van der Waals surface area contributed by atoms with E-state index in [2.05, 4.69) is 99.5 Å². The Kier molecular flexibility index (Phi) is 9.44. The number of aryl methyl sites for hydroxylation is 2. The molecule has 0 aromatic heterocycles. The first-order valence-corrected chi connectivity index (χ1v) is 14.4. The number of rotatable bonds is 3. The van der Waals surface area contributed by atoms with Gasteiger partial charge in [-0.3, -0.25) is 4.99 Å². The number of allylic oxidation sites excluding steroid dienone is 5. The molecule has 0 saturated heterocycles. The third-order valence-corrected chi connectivity index (χ3v) is 10.7. The summed E-state index contributed by atoms with van der Waals surface area (Å²) in [5.41, 5.74) is 9.70. The van der Waals surface area contributed by atoms with Gasteiger partial charge in [0.2, 0.25) is 0 Å². The molecular formula is C29H30Cl2NSiZr. The molecule has 3 aliphatic heterocycles. The van der Waals surface area contributed by atoms with Crippen LogP contribution in [0.5, 0.6) is 0 Å². The molecule has 3 heterocycles. The van der Waals surface area contributed by atoms with Crippen molar-refractivity contribution in [2.24, 2.45) is 4.99 Å². The number of halogens is 2. The van der Waals surface area contributed by atoms with Crippen LogP contribution in [0, 0.1) is 6.92 Å². The molecule has 34 heavy (non-hydrogen) atoms. The van der Waals surface area contributed by atoms with E-state index in [1.54, 1.807) is 10.4 Å². The summed E-state index contributed by atoms with van der Waals surface area (Å²) < 4.78 is 0. The van der Waals surface area contributed by atoms with Crippen LogP contribution in [-0.2, 0) is 32.6 Å². The van der Waals surface area contributed by atoms with Crippen LogP contribution in [0.15, 0.2) is 93.4 Å². The van der Waals surface area contributed by atoms with E-state index in [1.165, 1.54) is 62.7 Å². The van der Waals surface area contributed by atoms with Crippen LogP contribution < -0.4 is 24.8 Å². The van der Waals surface area contributed by atoms with E-state index in [-0.39, 0.29) is 51.0 Å². The van der Waals surface area contributed by atoms with Gasteiger partial charge in [0.05, 0.1) is 5.71 Å². The molecule has 0 atom stereocenters. The summed E-state index contributed by atoms with van der Waals surface area (Å²) >= 11 is 0. The average Bonchev–Trinajstić information content (AvgIpc) is 3.45. The van der Waals surface area contributed by atoms with Crippen LogP contribution in [0.3, 0.4) is 0 Å². The van der Waals surface area contributed by atoms with Crippen LogP contribution in [-0.4, -0.2) is 13.8 Å². The van der Waals surface area contributed by atoms with Crippen LogP contribution in [0.4, 0.5) is 0 Å². The second kappa shape index (κ2) is 11.1. The van der Waals surface area contributed by atoms with Gasteiger partial charge in [-0.2, -0.15) is 6.07 Å². The topological polar surface area (TPSA) is 12.4 Å². The van der Waals surface area contributed by atoms with E-state index in [9.17, 15) is 0 Å². The van der Waals surface area contributed by atoms with Crippen molar-refractivity contribution < 1.29 is 51.0 Å². The van der Waals surface area contributed by atoms with Gasteiger partial charge < -0.3 is 24.8 Å². The predicted octanol–water partition coefficient (Wildman–Crippen LogP) is 1.87. The van der Waals surface area contributed by atoms with Gasteiger partial charge in [0.15, 0.2) is 0 Å². The number of aliphatic imine (C=N–C) groups is 1. The van der Waals surface area contributed by atoms with Gasteiger partial charge in [-0.25, -0.2) is 0 Å². The molecule has 1 aliphatic carbocycles. The molecule has 173 valence electrons. The summed E-state index contributed by atoms with van der Waals surface area (Å²) in [6.07, 6.45) is 6.47. The molecule has 7 rings (SSSR count). The molecule has 3 aromatic carbocycles. The maximum atomic E-state index is 4.42. The molecular weight excluding hydrogens is 553 g/mol. The van der Waals surface area contributed by atoms with E-state index in [1.807, 2.05) is 6.20 Å². The minimum absolute atomic E-state index is 0. The van der Waals surface area contributed by atoms with Gasteiger partial charge in [0.25, 0.3) is 0 Å². The second-order valence-corrected chi connectivity index (χ2v) is 13.7. The summed E-state index contributed by atoms with van der Waals surface area (Å²) in [5, 5.41) is 5.97. The first-order valence-electron chi connectivity index (χ1n) is 11.4. The Morgan fingerprint density at radius 2 is 1.65 bits per heavy atom. The maximum Gasteiger partial charge on any atom is 3.00 e. The predicted molar refractivity (Wildman–Crippen MR) is 137 cm³/mol. The minimum atomic E-state index is -1.13. The van der Waals surface area contributed by atoms with E-state index < -0.39 is 8.07 Å². The quantitative estimate of drug-likeness (QED) is 0.331. The number of fused-ring (bicyclic) bond motifs is 1. The fraction of sp³-hybridized carbons (Fsp3) is 0.241. The van der Waals surface area contributed by atoms with Gasteiger partial charge in [0.1, 0.15) is 8.07 Å². The monoisotopic (exact) mass is 580 g/mol. The Labute approximate surface area is 236 Å². The summed E-state index contributed by atoms with van der Waals surface area (Å²) in [5.74, 6) is 0. The largest absolute Gasteiger partial charge is 3.00 e. The Morgan fingerprint density at radius 3 is 2.26 bits per heavy atom. The molecule has 0 amide bonds. The molecule has 1 nitrogen and oxygen atoms in total. The molecule has 1 radical (unpaired) electrons. The standard InChI is InChI=1S/C19H19.C10H11NSi.2ClH.Zr/c1-3-5-15-8-10-16(11-9-15)18-7-4-6-17-12-14(2)13-19(17)18;1-6-9-7-4-5-11-8(7)10(6)12(9,2)3;;;/h4,6-13H,3,5H2,1-2H3;4-5H,1-3H3;2*1H;/q-1;;;;+3/p-2. The zero-order chi connectivity index (χ0) is 21.8. The van der Waals surface area contributed by atoms with Crippen molar-refractivity contribution in [1.82, 2.24) is 0 Å². The minimum Gasteiger partial charge on any atom is -1.00 e. The summed E-state index contributed by atoms with van der Waals surface area (Å²) in [6.45, 7) is 11.5. The fourth-order valence-electron chi connectivity index (χ4n) is 5.65. The second-order valence-electron chi connectivity index (χ2n) is 9.50. The summed E-state index contributed by atoms with van der Waals surface area (Å²) in [7, 11) is -1.13. The average molecular weight is 583 g/mol. The van der Waals surface area contributed by atoms with Crippen molar-refractivity contribution in [2.75, 3.05) is 0 Å². The zero-order valence-electron chi connectivity index (χ0n) is 20.5. The number of benzene rings is 2. The van der Waals surface area contributed by atoms with Crippen LogP contribution in [0.2, 0.25) is 13.1 Å². The molecule has 0 fully saturated rings. The van der Waals surface area contributed by atoms with Crippen LogP contribution >= 0.6 is 0 Å². The Bertz CT molecular complexity index is 1320. The Hall–Kier alpha value is -1.38. The first-order chi connectivity index (χ1) is 14.9. The van der Waals surface area contributed by atoms with Crippen molar-refractivity contribution >= 4 is 24.6 Å². The van der Waals surface area contributed by atoms with Gasteiger partial charge in [-0.1, -0.05) is 69.3 Å². The van der Waals surface area contributed by atoms with Crippen molar-refractivity contribution in [3.8, 4) is 11.1 Å².